The molecule has 3 aromatic rings. The van der Waals surface area contributed by atoms with E-state index in [1.165, 1.54) is 4.90 Å². The highest BCUT2D eigenvalue weighted by molar-refractivity contribution is 6.34. The molecule has 4 atom stereocenters. The number of aromatic nitrogens is 2. The number of amides is 2. The molecule has 0 saturated heterocycles. The third kappa shape index (κ3) is 3.59. The first-order valence-corrected chi connectivity index (χ1v) is 12.3. The van der Waals surface area contributed by atoms with Crippen LogP contribution in [0.5, 0.6) is 5.75 Å². The van der Waals surface area contributed by atoms with Crippen molar-refractivity contribution < 1.29 is 23.9 Å². The fourth-order valence-electron chi connectivity index (χ4n) is 5.89. The first kappa shape index (κ1) is 22.5. The summed E-state index contributed by atoms with van der Waals surface area (Å²) in [5.41, 5.74) is 2.63. The third-order valence-electron chi connectivity index (χ3n) is 7.71. The van der Waals surface area contributed by atoms with E-state index in [2.05, 4.69) is 0 Å². The van der Waals surface area contributed by atoms with Gasteiger partial charge in [-0.1, -0.05) is 24.3 Å². The van der Waals surface area contributed by atoms with Crippen molar-refractivity contribution in [1.29, 1.82) is 0 Å². The molecule has 2 unspecified atom stereocenters. The molecule has 2 saturated carbocycles. The number of ether oxygens (including phenoxy) is 2. The van der Waals surface area contributed by atoms with E-state index in [0.717, 1.165) is 29.8 Å². The van der Waals surface area contributed by atoms with E-state index in [4.69, 9.17) is 14.6 Å². The molecule has 2 amide bonds. The van der Waals surface area contributed by atoms with Gasteiger partial charge in [0.1, 0.15) is 11.6 Å². The predicted octanol–water partition coefficient (Wildman–Crippen LogP) is 4.04. The molecular formula is C28H27N3O5. The molecule has 6 rings (SSSR count). The molecule has 2 aromatic carbocycles. The van der Waals surface area contributed by atoms with Crippen LogP contribution in [0.4, 0.5) is 5.82 Å². The molecule has 0 N–H and O–H groups in total. The summed E-state index contributed by atoms with van der Waals surface area (Å²) in [4.78, 5) is 40.0. The SMILES string of the molecule is CCOC(=O)C1[C@H]2CC(c3cc(N4C(=O)c5ccccc5C4=O)n(Cc4ccc(OC)cc4)n3)C[C@@H]12. The molecule has 8 heteroatoms. The second-order valence-corrected chi connectivity index (χ2v) is 9.70. The van der Waals surface area contributed by atoms with E-state index in [0.29, 0.717) is 41.9 Å². The number of benzene rings is 2. The van der Waals surface area contributed by atoms with Crippen LogP contribution < -0.4 is 9.64 Å². The van der Waals surface area contributed by atoms with Crippen molar-refractivity contribution in [1.82, 2.24) is 9.78 Å². The van der Waals surface area contributed by atoms with E-state index in [9.17, 15) is 14.4 Å². The Morgan fingerprint density at radius 3 is 2.22 bits per heavy atom. The van der Waals surface area contributed by atoms with E-state index in [1.807, 2.05) is 37.3 Å². The summed E-state index contributed by atoms with van der Waals surface area (Å²) >= 11 is 0. The highest BCUT2D eigenvalue weighted by Crippen LogP contribution is 2.62. The number of fused-ring (bicyclic) bond motifs is 2. The Morgan fingerprint density at radius 1 is 1.00 bits per heavy atom. The van der Waals surface area contributed by atoms with E-state index < -0.39 is 0 Å². The van der Waals surface area contributed by atoms with Crippen molar-refractivity contribution in [2.24, 2.45) is 17.8 Å². The van der Waals surface area contributed by atoms with Gasteiger partial charge in [0.05, 0.1) is 43.0 Å². The molecule has 8 nitrogen and oxygen atoms in total. The number of esters is 1. The quantitative estimate of drug-likeness (QED) is 0.371. The number of nitrogens with zero attached hydrogens (tertiary/aromatic N) is 3. The lowest BCUT2D eigenvalue weighted by Gasteiger charge is -2.16. The summed E-state index contributed by atoms with van der Waals surface area (Å²) < 4.78 is 12.2. The average molecular weight is 486 g/mol. The van der Waals surface area contributed by atoms with E-state index >= 15 is 0 Å². The monoisotopic (exact) mass is 485 g/mol. The van der Waals surface area contributed by atoms with Crippen molar-refractivity contribution in [3.05, 3.63) is 77.0 Å². The molecule has 0 radical (unpaired) electrons. The molecule has 1 aliphatic heterocycles. The fraction of sp³-hybridized carbons (Fsp3) is 0.357. The van der Waals surface area contributed by atoms with Crippen LogP contribution in [0.3, 0.4) is 0 Å². The summed E-state index contributed by atoms with van der Waals surface area (Å²) in [6, 6.07) is 16.4. The van der Waals surface area contributed by atoms with Crippen LogP contribution in [0.25, 0.3) is 0 Å². The zero-order valence-electron chi connectivity index (χ0n) is 20.2. The lowest BCUT2D eigenvalue weighted by Crippen LogP contribution is -2.31. The van der Waals surface area contributed by atoms with Gasteiger partial charge in [0.2, 0.25) is 0 Å². The Kier molecular flexibility index (Phi) is 5.39. The lowest BCUT2D eigenvalue weighted by atomic mass is 9.96. The fourth-order valence-corrected chi connectivity index (χ4v) is 5.89. The predicted molar refractivity (Wildman–Crippen MR) is 131 cm³/mol. The van der Waals surface area contributed by atoms with Crippen LogP contribution in [0.2, 0.25) is 0 Å². The van der Waals surface area contributed by atoms with Crippen LogP contribution in [-0.2, 0) is 16.1 Å². The summed E-state index contributed by atoms with van der Waals surface area (Å²) in [6.07, 6.45) is 1.71. The van der Waals surface area contributed by atoms with Gasteiger partial charge in [-0.15, -0.1) is 0 Å². The number of carbonyl (C=O) groups is 3. The number of rotatable bonds is 7. The Balaban J connectivity index is 1.31. The Bertz CT molecular complexity index is 1310. The molecule has 2 heterocycles. The van der Waals surface area contributed by atoms with Gasteiger partial charge in [0, 0.05) is 12.0 Å². The Hall–Kier alpha value is -3.94. The highest BCUT2D eigenvalue weighted by Gasteiger charge is 2.60. The van der Waals surface area contributed by atoms with Crippen molar-refractivity contribution in [3.8, 4) is 5.75 Å². The van der Waals surface area contributed by atoms with Crippen LogP contribution in [0, 0.1) is 17.8 Å². The number of anilines is 1. The molecule has 184 valence electrons. The minimum atomic E-state index is -0.338. The van der Waals surface area contributed by atoms with Crippen molar-refractivity contribution in [3.63, 3.8) is 0 Å². The number of imide groups is 1. The number of hydrogen-bond donors (Lipinski definition) is 0. The summed E-state index contributed by atoms with van der Waals surface area (Å²) in [6.45, 7) is 2.63. The van der Waals surface area contributed by atoms with Crippen LogP contribution in [-0.4, -0.2) is 41.3 Å². The van der Waals surface area contributed by atoms with Gasteiger partial charge in [0.15, 0.2) is 0 Å². The van der Waals surface area contributed by atoms with Gasteiger partial charge in [-0.2, -0.15) is 5.10 Å². The standard InChI is InChI=1S/C28H27N3O5/c1-3-36-28(34)25-21-12-17(13-22(21)25)23-14-24(30(29-23)15-16-8-10-18(35-2)11-9-16)31-26(32)19-6-4-5-7-20(19)27(31)33/h4-11,14,17,21-22,25H,3,12-13,15H2,1-2H3/t17?,21-,22+,25?. The van der Waals surface area contributed by atoms with Gasteiger partial charge in [0.25, 0.3) is 11.8 Å². The maximum absolute atomic E-state index is 13.3. The first-order valence-electron chi connectivity index (χ1n) is 12.3. The normalized spacial score (nSPS) is 24.0. The molecule has 3 aliphatic rings. The van der Waals surface area contributed by atoms with Crippen LogP contribution in [0.1, 0.15) is 57.7 Å². The second kappa shape index (κ2) is 8.62. The Morgan fingerprint density at radius 2 is 1.64 bits per heavy atom. The van der Waals surface area contributed by atoms with Gasteiger partial charge in [-0.3, -0.25) is 14.4 Å². The van der Waals surface area contributed by atoms with E-state index in [-0.39, 0.29) is 29.6 Å². The molecule has 1 aromatic heterocycles. The van der Waals surface area contributed by atoms with Crippen LogP contribution in [0.15, 0.2) is 54.6 Å². The van der Waals surface area contributed by atoms with Crippen LogP contribution >= 0.6 is 0 Å². The molecule has 0 spiro atoms. The summed E-state index contributed by atoms with van der Waals surface area (Å²) in [5.74, 6) is 1.27. The number of carbonyl (C=O) groups excluding carboxylic acids is 3. The van der Waals surface area contributed by atoms with Crippen molar-refractivity contribution in [2.75, 3.05) is 18.6 Å². The number of hydrogen-bond acceptors (Lipinski definition) is 6. The zero-order valence-corrected chi connectivity index (χ0v) is 20.2. The van der Waals surface area contributed by atoms with Gasteiger partial charge in [-0.05, 0) is 61.4 Å². The summed E-state index contributed by atoms with van der Waals surface area (Å²) in [7, 11) is 1.62. The lowest BCUT2D eigenvalue weighted by molar-refractivity contribution is -0.145. The smallest absolute Gasteiger partial charge is 0.309 e. The zero-order chi connectivity index (χ0) is 25.0. The Labute approximate surface area is 208 Å². The second-order valence-electron chi connectivity index (χ2n) is 9.70. The molecule has 2 fully saturated rings. The van der Waals surface area contributed by atoms with E-state index in [1.54, 1.807) is 36.1 Å². The minimum Gasteiger partial charge on any atom is -0.497 e. The minimum absolute atomic E-state index is 0.00158. The maximum Gasteiger partial charge on any atom is 0.309 e. The van der Waals surface area contributed by atoms with Crippen molar-refractivity contribution >= 4 is 23.6 Å². The topological polar surface area (TPSA) is 90.7 Å². The summed E-state index contributed by atoms with van der Waals surface area (Å²) in [5, 5.41) is 4.89. The highest BCUT2D eigenvalue weighted by atomic mass is 16.5. The molecule has 0 bridgehead atoms. The average Bonchev–Trinajstić information content (AvgIpc) is 3.16. The first-order chi connectivity index (χ1) is 17.5. The molecule has 36 heavy (non-hydrogen) atoms. The molecular weight excluding hydrogens is 458 g/mol. The van der Waals surface area contributed by atoms with Gasteiger partial charge >= 0.3 is 5.97 Å². The molecule has 2 aliphatic carbocycles. The third-order valence-corrected chi connectivity index (χ3v) is 7.71. The largest absolute Gasteiger partial charge is 0.497 e. The van der Waals surface area contributed by atoms with Gasteiger partial charge < -0.3 is 9.47 Å². The van der Waals surface area contributed by atoms with Crippen molar-refractivity contribution in [2.45, 2.75) is 32.2 Å². The number of methoxy groups -OCH3 is 1. The van der Waals surface area contributed by atoms with Gasteiger partial charge in [-0.25, -0.2) is 9.58 Å². The maximum atomic E-state index is 13.3.